The molecule has 3 heterocycles. The van der Waals surface area contributed by atoms with Gasteiger partial charge in [0, 0.05) is 26.2 Å². The molecule has 3 fully saturated rings. The van der Waals surface area contributed by atoms with Crippen molar-refractivity contribution in [3.8, 4) is 0 Å². The lowest BCUT2D eigenvalue weighted by molar-refractivity contribution is -0.149. The van der Waals surface area contributed by atoms with Crippen LogP contribution < -0.4 is 11.1 Å². The summed E-state index contributed by atoms with van der Waals surface area (Å²) in [5.74, 6) is 1.35. The number of nitrogens with one attached hydrogen (secondary N) is 1. The van der Waals surface area contributed by atoms with Crippen molar-refractivity contribution in [3.63, 3.8) is 0 Å². The summed E-state index contributed by atoms with van der Waals surface area (Å²) in [6, 6.07) is 0. The molecule has 31 heavy (non-hydrogen) atoms. The van der Waals surface area contributed by atoms with Crippen molar-refractivity contribution >= 4 is 34.8 Å². The highest BCUT2D eigenvalue weighted by Gasteiger charge is 2.31. The third-order valence-corrected chi connectivity index (χ3v) is 6.68. The number of likely N-dealkylation sites (tertiary alicyclic amines) is 1. The molecule has 2 saturated heterocycles. The average molecular weight is 454 g/mol. The van der Waals surface area contributed by atoms with Gasteiger partial charge in [0.15, 0.2) is 5.13 Å². The average Bonchev–Trinajstić information content (AvgIpc) is 3.47. The number of piperidine rings is 1. The van der Waals surface area contributed by atoms with E-state index in [1.165, 1.54) is 25.6 Å². The number of thiazole rings is 1. The van der Waals surface area contributed by atoms with Crippen LogP contribution in [0.3, 0.4) is 0 Å². The summed E-state index contributed by atoms with van der Waals surface area (Å²) in [6.07, 6.45) is 6.41. The number of rotatable bonds is 7. The van der Waals surface area contributed by atoms with Crippen LogP contribution >= 0.6 is 11.3 Å². The van der Waals surface area contributed by atoms with Crippen LogP contribution in [0.4, 0.5) is 5.13 Å². The van der Waals surface area contributed by atoms with Crippen molar-refractivity contribution in [1.82, 2.24) is 20.1 Å². The number of carbonyl (C=O) groups excluding carboxylic acids is 2. The normalized spacial score (nSPS) is 22.5. The summed E-state index contributed by atoms with van der Waals surface area (Å²) in [6.45, 7) is 5.11. The molecule has 2 amide bonds. The van der Waals surface area contributed by atoms with E-state index in [-0.39, 0.29) is 31.0 Å². The monoisotopic (exact) mass is 453 g/mol. The Balaban J connectivity index is 0.000000858. The largest absolute Gasteiger partial charge is 0.483 e. The van der Waals surface area contributed by atoms with Gasteiger partial charge in [-0.1, -0.05) is 11.3 Å². The molecule has 1 aromatic rings. The SMILES string of the molecule is Nc1ncc(C(=O)NCC2CN(CC3CCN(CC4CC4)CC3)C(=O)CO2)s1.O=CO. The zero-order chi connectivity index (χ0) is 22.2. The van der Waals surface area contributed by atoms with E-state index in [2.05, 4.69) is 15.2 Å². The highest BCUT2D eigenvalue weighted by molar-refractivity contribution is 7.17. The lowest BCUT2D eigenvalue weighted by Gasteiger charge is -2.38. The minimum absolute atomic E-state index is 0.0539. The first-order chi connectivity index (χ1) is 15.0. The number of anilines is 1. The van der Waals surface area contributed by atoms with Gasteiger partial charge in [-0.25, -0.2) is 4.98 Å². The number of carbonyl (C=O) groups is 3. The minimum atomic E-state index is -0.250. The summed E-state index contributed by atoms with van der Waals surface area (Å²) in [5, 5.41) is 10.1. The van der Waals surface area contributed by atoms with Crippen LogP contribution in [-0.2, 0) is 14.3 Å². The van der Waals surface area contributed by atoms with E-state index in [9.17, 15) is 9.59 Å². The molecule has 3 aliphatic rings. The summed E-state index contributed by atoms with van der Waals surface area (Å²) in [7, 11) is 0. The van der Waals surface area contributed by atoms with Gasteiger partial charge in [-0.3, -0.25) is 14.4 Å². The van der Waals surface area contributed by atoms with E-state index in [1.807, 2.05) is 4.90 Å². The first kappa shape index (κ1) is 23.4. The van der Waals surface area contributed by atoms with Crippen molar-refractivity contribution in [1.29, 1.82) is 0 Å². The van der Waals surface area contributed by atoms with Crippen LogP contribution in [0.1, 0.15) is 35.4 Å². The molecule has 1 atom stereocenters. The Morgan fingerprint density at radius 3 is 2.58 bits per heavy atom. The van der Waals surface area contributed by atoms with E-state index < -0.39 is 0 Å². The quantitative estimate of drug-likeness (QED) is 0.508. The molecule has 0 radical (unpaired) electrons. The Morgan fingerprint density at radius 2 is 1.97 bits per heavy atom. The molecule has 2 aliphatic heterocycles. The first-order valence-electron chi connectivity index (χ1n) is 10.7. The number of carboxylic acid groups (broad SMARTS) is 1. The van der Waals surface area contributed by atoms with E-state index in [0.717, 1.165) is 49.7 Å². The summed E-state index contributed by atoms with van der Waals surface area (Å²) < 4.78 is 5.62. The second-order valence-electron chi connectivity index (χ2n) is 8.30. The van der Waals surface area contributed by atoms with Crippen molar-refractivity contribution in [2.24, 2.45) is 11.8 Å². The molecule has 10 nitrogen and oxygen atoms in total. The van der Waals surface area contributed by atoms with Gasteiger partial charge in [0.1, 0.15) is 11.5 Å². The Morgan fingerprint density at radius 1 is 1.29 bits per heavy atom. The molecule has 11 heteroatoms. The predicted octanol–water partition coefficient (Wildman–Crippen LogP) is 0.505. The molecule has 1 saturated carbocycles. The maximum atomic E-state index is 12.3. The van der Waals surface area contributed by atoms with E-state index >= 15 is 0 Å². The lowest BCUT2D eigenvalue weighted by atomic mass is 9.95. The standard InChI is InChI=1S/C19H29N5O3S.CH2O2/c20-19-22-8-16(28-19)18(26)21-7-15-11-24(17(25)12-27-15)10-14-3-5-23(6-4-14)9-13-1-2-13;2-1-3/h8,13-15H,1-7,9-12H2,(H2,20,22)(H,21,26);1H,(H,2,3). The Labute approximate surface area is 185 Å². The van der Waals surface area contributed by atoms with Crippen LogP contribution in [-0.4, -0.2) is 90.2 Å². The molecule has 1 aliphatic carbocycles. The number of ether oxygens (including phenoxy) is 1. The molecule has 0 aromatic carbocycles. The number of amides is 2. The molecule has 1 aromatic heterocycles. The number of hydrogen-bond acceptors (Lipinski definition) is 8. The predicted molar refractivity (Wildman–Crippen MR) is 116 cm³/mol. The third-order valence-electron chi connectivity index (χ3n) is 5.86. The van der Waals surface area contributed by atoms with Gasteiger partial charge in [0.2, 0.25) is 5.91 Å². The van der Waals surface area contributed by atoms with Gasteiger partial charge in [-0.05, 0) is 50.6 Å². The number of nitrogens with zero attached hydrogens (tertiary/aromatic N) is 3. The Kier molecular flexibility index (Phi) is 8.61. The Bertz CT molecular complexity index is 748. The number of aromatic nitrogens is 1. The van der Waals surface area contributed by atoms with Gasteiger partial charge in [0.25, 0.3) is 12.4 Å². The molecule has 0 spiro atoms. The second kappa shape index (κ2) is 11.4. The van der Waals surface area contributed by atoms with Crippen LogP contribution in [0.2, 0.25) is 0 Å². The number of hydrogen-bond donors (Lipinski definition) is 3. The maximum absolute atomic E-state index is 12.3. The molecule has 1 unspecified atom stereocenters. The van der Waals surface area contributed by atoms with Crippen molar-refractivity contribution < 1.29 is 24.2 Å². The summed E-state index contributed by atoms with van der Waals surface area (Å²) >= 11 is 1.16. The summed E-state index contributed by atoms with van der Waals surface area (Å²) in [4.78, 5) is 41.7. The van der Waals surface area contributed by atoms with Gasteiger partial charge in [-0.15, -0.1) is 0 Å². The van der Waals surface area contributed by atoms with Gasteiger partial charge < -0.3 is 30.7 Å². The van der Waals surface area contributed by atoms with E-state index in [1.54, 1.807) is 0 Å². The fourth-order valence-corrected chi connectivity index (χ4v) is 4.60. The van der Waals surface area contributed by atoms with Gasteiger partial charge in [-0.2, -0.15) is 0 Å². The molecular weight excluding hydrogens is 422 g/mol. The zero-order valence-corrected chi connectivity index (χ0v) is 18.4. The maximum Gasteiger partial charge on any atom is 0.290 e. The van der Waals surface area contributed by atoms with Crippen LogP contribution in [0, 0.1) is 11.8 Å². The van der Waals surface area contributed by atoms with E-state index in [0.29, 0.717) is 29.0 Å². The van der Waals surface area contributed by atoms with Gasteiger partial charge in [0.05, 0.1) is 12.3 Å². The lowest BCUT2D eigenvalue weighted by Crippen LogP contribution is -2.52. The topological polar surface area (TPSA) is 138 Å². The number of morpholine rings is 1. The molecule has 0 bridgehead atoms. The van der Waals surface area contributed by atoms with Crippen molar-refractivity contribution in [2.45, 2.75) is 31.8 Å². The first-order valence-corrected chi connectivity index (χ1v) is 11.5. The molecule has 4 rings (SSSR count). The van der Waals surface area contributed by atoms with Crippen LogP contribution in [0.15, 0.2) is 6.20 Å². The highest BCUT2D eigenvalue weighted by atomic mass is 32.1. The fourth-order valence-electron chi connectivity index (χ4n) is 4.00. The van der Waals surface area contributed by atoms with E-state index in [4.69, 9.17) is 20.4 Å². The second-order valence-corrected chi connectivity index (χ2v) is 9.36. The van der Waals surface area contributed by atoms with Crippen LogP contribution in [0.5, 0.6) is 0 Å². The molecular formula is C20H31N5O5S. The molecule has 4 N–H and O–H groups in total. The molecule has 172 valence electrons. The number of nitrogen functional groups attached to an aromatic ring is 1. The third kappa shape index (κ3) is 7.44. The summed E-state index contributed by atoms with van der Waals surface area (Å²) in [5.41, 5.74) is 5.57. The van der Waals surface area contributed by atoms with Gasteiger partial charge >= 0.3 is 0 Å². The van der Waals surface area contributed by atoms with Crippen LogP contribution in [0.25, 0.3) is 0 Å². The number of nitrogens with two attached hydrogens (primary N) is 1. The fraction of sp³-hybridized carbons (Fsp3) is 0.700. The highest BCUT2D eigenvalue weighted by Crippen LogP contribution is 2.31. The minimum Gasteiger partial charge on any atom is -0.483 e. The smallest absolute Gasteiger partial charge is 0.290 e. The van der Waals surface area contributed by atoms with Crippen molar-refractivity contribution in [3.05, 3.63) is 11.1 Å². The Hall–Kier alpha value is -2.24. The van der Waals surface area contributed by atoms with Crippen molar-refractivity contribution in [2.75, 3.05) is 51.6 Å². The zero-order valence-electron chi connectivity index (χ0n) is 17.6.